The maximum absolute atomic E-state index is 12.4. The van der Waals surface area contributed by atoms with Gasteiger partial charge < -0.3 is 10.1 Å². The minimum Gasteiger partial charge on any atom is -0.367 e. The van der Waals surface area contributed by atoms with E-state index < -0.39 is 18.0 Å². The van der Waals surface area contributed by atoms with Crippen LogP contribution in [0.2, 0.25) is 0 Å². The van der Waals surface area contributed by atoms with E-state index in [0.717, 1.165) is 16.7 Å². The molecule has 0 aliphatic heterocycles. The number of aromatic nitrogens is 1. The molecule has 4 nitrogen and oxygen atoms in total. The van der Waals surface area contributed by atoms with E-state index in [9.17, 15) is 18.0 Å². The Morgan fingerprint density at radius 3 is 2.61 bits per heavy atom. The van der Waals surface area contributed by atoms with E-state index in [-0.39, 0.29) is 18.9 Å². The van der Waals surface area contributed by atoms with Crippen LogP contribution in [0.4, 0.5) is 13.2 Å². The van der Waals surface area contributed by atoms with Gasteiger partial charge in [0.1, 0.15) is 0 Å². The van der Waals surface area contributed by atoms with Crippen LogP contribution in [0.3, 0.4) is 0 Å². The third kappa shape index (κ3) is 4.77. The molecule has 1 aromatic carbocycles. The average Bonchev–Trinajstić information content (AvgIpc) is 2.98. The first-order chi connectivity index (χ1) is 10.9. The lowest BCUT2D eigenvalue weighted by Crippen LogP contribution is -2.31. The third-order valence-electron chi connectivity index (χ3n) is 3.06. The number of carbonyl (C=O) groups is 1. The van der Waals surface area contributed by atoms with Crippen LogP contribution in [0, 0.1) is 0 Å². The summed E-state index contributed by atoms with van der Waals surface area (Å²) in [5, 5.41) is 3.95. The normalized spacial score (nSPS) is 12.9. The second kappa shape index (κ2) is 7.56. The fraction of sp³-hybridized carbons (Fsp3) is 0.333. The number of ether oxygens (including phenoxy) is 1. The summed E-state index contributed by atoms with van der Waals surface area (Å²) < 4.78 is 42.5. The number of carbonyl (C=O) groups excluding carboxylic acids is 1. The standard InChI is InChI=1S/C15H15F3N2O2S/c1-22-13(10-5-3-2-4-6-10)14(21)19-8-7-12-20-11(9-23-12)15(16,17)18/h2-6,9,13H,7-8H2,1H3,(H,19,21)/t13-/m0/s1. The molecule has 8 heteroatoms. The lowest BCUT2D eigenvalue weighted by molar-refractivity contribution is -0.140. The summed E-state index contributed by atoms with van der Waals surface area (Å²) in [4.78, 5) is 15.6. The number of nitrogens with one attached hydrogen (secondary N) is 1. The maximum Gasteiger partial charge on any atom is 0.434 e. The van der Waals surface area contributed by atoms with Gasteiger partial charge in [-0.25, -0.2) is 4.98 Å². The Hall–Kier alpha value is -1.93. The number of nitrogens with zero attached hydrogens (tertiary/aromatic N) is 1. The number of rotatable bonds is 6. The Labute approximate surface area is 135 Å². The average molecular weight is 344 g/mol. The highest BCUT2D eigenvalue weighted by atomic mass is 32.1. The van der Waals surface area contributed by atoms with Gasteiger partial charge in [-0.1, -0.05) is 30.3 Å². The second-order valence-electron chi connectivity index (χ2n) is 4.69. The van der Waals surface area contributed by atoms with Gasteiger partial charge in [0, 0.05) is 25.5 Å². The number of hydrogen-bond acceptors (Lipinski definition) is 4. The smallest absolute Gasteiger partial charge is 0.367 e. The fourth-order valence-corrected chi connectivity index (χ4v) is 2.77. The molecule has 0 bridgehead atoms. The zero-order valence-electron chi connectivity index (χ0n) is 12.3. The molecule has 2 rings (SSSR count). The molecule has 23 heavy (non-hydrogen) atoms. The first-order valence-electron chi connectivity index (χ1n) is 6.79. The molecule has 0 aliphatic rings. The largest absolute Gasteiger partial charge is 0.434 e. The summed E-state index contributed by atoms with van der Waals surface area (Å²) >= 11 is 0.925. The number of thiazole rings is 1. The zero-order chi connectivity index (χ0) is 16.9. The van der Waals surface area contributed by atoms with Crippen molar-refractivity contribution in [1.29, 1.82) is 0 Å². The third-order valence-corrected chi connectivity index (χ3v) is 3.97. The lowest BCUT2D eigenvalue weighted by atomic mass is 10.1. The van der Waals surface area contributed by atoms with Crippen LogP contribution in [-0.2, 0) is 22.1 Å². The van der Waals surface area contributed by atoms with Crippen LogP contribution in [0.15, 0.2) is 35.7 Å². The molecule has 0 fully saturated rings. The van der Waals surface area contributed by atoms with Gasteiger partial charge in [-0.2, -0.15) is 13.2 Å². The SMILES string of the molecule is CO[C@H](C(=O)NCCc1nc(C(F)(F)F)cs1)c1ccccc1. The minimum atomic E-state index is -4.44. The molecule has 1 aromatic heterocycles. The topological polar surface area (TPSA) is 51.2 Å². The van der Waals surface area contributed by atoms with Crippen LogP contribution in [0.25, 0.3) is 0 Å². The minimum absolute atomic E-state index is 0.191. The van der Waals surface area contributed by atoms with E-state index in [4.69, 9.17) is 4.74 Å². The van der Waals surface area contributed by atoms with Crippen molar-refractivity contribution in [2.24, 2.45) is 0 Å². The Morgan fingerprint density at radius 1 is 1.35 bits per heavy atom. The molecule has 0 spiro atoms. The van der Waals surface area contributed by atoms with Crippen molar-refractivity contribution in [3.8, 4) is 0 Å². The summed E-state index contributed by atoms with van der Waals surface area (Å²) in [6.45, 7) is 0.191. The van der Waals surface area contributed by atoms with Crippen molar-refractivity contribution in [3.05, 3.63) is 52.0 Å². The van der Waals surface area contributed by atoms with Gasteiger partial charge in [0.2, 0.25) is 0 Å². The molecule has 2 aromatic rings. The Bertz CT molecular complexity index is 644. The van der Waals surface area contributed by atoms with Crippen LogP contribution in [-0.4, -0.2) is 24.5 Å². The predicted octanol–water partition coefficient (Wildman–Crippen LogP) is 3.21. The van der Waals surface area contributed by atoms with E-state index in [2.05, 4.69) is 10.3 Å². The molecule has 124 valence electrons. The Morgan fingerprint density at radius 2 is 2.04 bits per heavy atom. The quantitative estimate of drug-likeness (QED) is 0.875. The van der Waals surface area contributed by atoms with Crippen LogP contribution in [0.1, 0.15) is 22.4 Å². The van der Waals surface area contributed by atoms with Crippen LogP contribution < -0.4 is 5.32 Å². The summed E-state index contributed by atoms with van der Waals surface area (Å²) in [6, 6.07) is 8.95. The van der Waals surface area contributed by atoms with Gasteiger partial charge >= 0.3 is 6.18 Å². The van der Waals surface area contributed by atoms with Crippen LogP contribution >= 0.6 is 11.3 Å². The fourth-order valence-electron chi connectivity index (χ4n) is 1.96. The highest BCUT2D eigenvalue weighted by molar-refractivity contribution is 7.09. The molecule has 1 N–H and O–H groups in total. The summed E-state index contributed by atoms with van der Waals surface area (Å²) in [6.07, 6.45) is -4.96. The number of halogens is 3. The number of alkyl halides is 3. The maximum atomic E-state index is 12.4. The Balaban J connectivity index is 1.88. The molecule has 0 saturated heterocycles. The molecule has 1 amide bonds. The van der Waals surface area contributed by atoms with Gasteiger partial charge in [0.15, 0.2) is 11.8 Å². The van der Waals surface area contributed by atoms with Crippen molar-refractivity contribution in [2.75, 3.05) is 13.7 Å². The molecule has 0 unspecified atom stereocenters. The second-order valence-corrected chi connectivity index (χ2v) is 5.63. The number of methoxy groups -OCH3 is 1. The first-order valence-corrected chi connectivity index (χ1v) is 7.67. The molecule has 0 radical (unpaired) electrons. The van der Waals surface area contributed by atoms with Crippen molar-refractivity contribution < 1.29 is 22.7 Å². The molecule has 1 heterocycles. The lowest BCUT2D eigenvalue weighted by Gasteiger charge is -2.15. The van der Waals surface area contributed by atoms with E-state index in [1.807, 2.05) is 6.07 Å². The van der Waals surface area contributed by atoms with Gasteiger partial charge in [-0.15, -0.1) is 11.3 Å². The molecule has 1 atom stereocenters. The van der Waals surface area contributed by atoms with Gasteiger partial charge in [-0.05, 0) is 5.56 Å². The first kappa shape index (κ1) is 17.4. The van der Waals surface area contributed by atoms with E-state index in [1.165, 1.54) is 7.11 Å². The van der Waals surface area contributed by atoms with E-state index >= 15 is 0 Å². The molecular formula is C15H15F3N2O2S. The summed E-state index contributed by atoms with van der Waals surface area (Å²) in [5.41, 5.74) is -0.191. The monoisotopic (exact) mass is 344 g/mol. The Kier molecular flexibility index (Phi) is 5.73. The van der Waals surface area contributed by atoms with E-state index in [1.54, 1.807) is 24.3 Å². The number of amides is 1. The predicted molar refractivity (Wildman–Crippen MR) is 80.0 cm³/mol. The van der Waals surface area contributed by atoms with Gasteiger partial charge in [-0.3, -0.25) is 4.79 Å². The molecule has 0 saturated carbocycles. The number of benzene rings is 1. The van der Waals surface area contributed by atoms with E-state index in [0.29, 0.717) is 10.6 Å². The van der Waals surface area contributed by atoms with Crippen LogP contribution in [0.5, 0.6) is 0 Å². The highest BCUT2D eigenvalue weighted by Crippen LogP contribution is 2.30. The van der Waals surface area contributed by atoms with Gasteiger partial charge in [0.25, 0.3) is 5.91 Å². The number of hydrogen-bond donors (Lipinski definition) is 1. The van der Waals surface area contributed by atoms with Crippen molar-refractivity contribution in [1.82, 2.24) is 10.3 Å². The summed E-state index contributed by atoms with van der Waals surface area (Å²) in [7, 11) is 1.42. The highest BCUT2D eigenvalue weighted by Gasteiger charge is 2.33. The van der Waals surface area contributed by atoms with Crippen molar-refractivity contribution >= 4 is 17.2 Å². The molecule has 0 aliphatic carbocycles. The van der Waals surface area contributed by atoms with Crippen molar-refractivity contribution in [2.45, 2.75) is 18.7 Å². The zero-order valence-corrected chi connectivity index (χ0v) is 13.1. The molecular weight excluding hydrogens is 329 g/mol. The summed E-state index contributed by atoms with van der Waals surface area (Å²) in [5.74, 6) is -0.341. The van der Waals surface area contributed by atoms with Gasteiger partial charge in [0.05, 0.1) is 5.01 Å². The van der Waals surface area contributed by atoms with Crippen molar-refractivity contribution in [3.63, 3.8) is 0 Å².